The van der Waals surface area contributed by atoms with E-state index in [2.05, 4.69) is 47.9 Å². The van der Waals surface area contributed by atoms with Crippen LogP contribution in [-0.2, 0) is 4.79 Å². The van der Waals surface area contributed by atoms with E-state index in [1.807, 2.05) is 21.0 Å². The molecule has 2 fully saturated rings. The second-order valence-electron chi connectivity index (χ2n) is 11.2. The van der Waals surface area contributed by atoms with Gasteiger partial charge in [-0.25, -0.2) is 0 Å². The van der Waals surface area contributed by atoms with Crippen LogP contribution in [-0.4, -0.2) is 30.6 Å². The first kappa shape index (κ1) is 21.8. The Labute approximate surface area is 193 Å². The zero-order chi connectivity index (χ0) is 22.7. The van der Waals surface area contributed by atoms with Crippen molar-refractivity contribution in [3.05, 3.63) is 41.0 Å². The first-order valence-corrected chi connectivity index (χ1v) is 12.4. The fraction of sp³-hybridized carbons (Fsp3) is 0.621. The van der Waals surface area contributed by atoms with Gasteiger partial charge in [0.05, 0.1) is 0 Å². The quantitative estimate of drug-likeness (QED) is 0.497. The molecule has 4 aliphatic rings. The Kier molecular flexibility index (Phi) is 5.29. The second kappa shape index (κ2) is 7.77. The van der Waals surface area contributed by atoms with Crippen molar-refractivity contribution in [1.82, 2.24) is 0 Å². The van der Waals surface area contributed by atoms with Crippen LogP contribution in [0.4, 0.5) is 5.69 Å². The summed E-state index contributed by atoms with van der Waals surface area (Å²) in [4.78, 5) is 15.2. The van der Waals surface area contributed by atoms with E-state index in [-0.39, 0.29) is 11.3 Å². The molecule has 1 unspecified atom stereocenters. The van der Waals surface area contributed by atoms with Crippen LogP contribution in [0.25, 0.3) is 0 Å². The molecule has 0 saturated heterocycles. The normalized spacial score (nSPS) is 38.3. The predicted octanol–water partition coefficient (Wildman–Crippen LogP) is 5.49. The van der Waals surface area contributed by atoms with Gasteiger partial charge in [0.15, 0.2) is 0 Å². The van der Waals surface area contributed by atoms with E-state index in [1.54, 1.807) is 5.57 Å². The van der Waals surface area contributed by atoms with Crippen LogP contribution >= 0.6 is 0 Å². The van der Waals surface area contributed by atoms with Gasteiger partial charge in [0.25, 0.3) is 0 Å². The van der Waals surface area contributed by atoms with E-state index in [4.69, 9.17) is 0 Å². The highest BCUT2D eigenvalue weighted by Crippen LogP contribution is 2.64. The molecule has 0 radical (unpaired) electrons. The van der Waals surface area contributed by atoms with Crippen molar-refractivity contribution in [2.45, 2.75) is 76.7 Å². The first-order valence-electron chi connectivity index (χ1n) is 12.4. The number of carbonyl (C=O) groups excluding carboxylic acids is 1. The van der Waals surface area contributed by atoms with Crippen LogP contribution in [0, 0.1) is 35.0 Å². The lowest BCUT2D eigenvalue weighted by Gasteiger charge is -2.53. The van der Waals surface area contributed by atoms with E-state index in [0.717, 1.165) is 38.5 Å². The third-order valence-electron chi connectivity index (χ3n) is 9.61. The van der Waals surface area contributed by atoms with E-state index in [1.165, 1.54) is 23.2 Å². The molecule has 1 aromatic carbocycles. The SMILES string of the molecule is CC#C[C@]1(O)CC[C@H]2[C@@H]3CCC4=C(CC(c5ccc(N(C)C)cc5)C(=O)C4)[C@H]3CC[C@@]21C. The number of hydrogen-bond acceptors (Lipinski definition) is 3. The van der Waals surface area contributed by atoms with Gasteiger partial charge in [0.1, 0.15) is 11.4 Å². The molecule has 0 aliphatic heterocycles. The minimum absolute atomic E-state index is 0.00323. The molecule has 4 aliphatic carbocycles. The molecule has 6 atom stereocenters. The average Bonchev–Trinajstić information content (AvgIpc) is 3.04. The Balaban J connectivity index is 1.42. The van der Waals surface area contributed by atoms with Crippen LogP contribution in [0.5, 0.6) is 0 Å². The standard InChI is InChI=1S/C29H37NO2/c1-5-14-29(32)16-13-26-23-11-8-20-17-27(31)25(19-6-9-21(10-7-19)30(3)4)18-24(20)22(23)12-15-28(26,29)2/h6-7,9-10,22-23,25-26,32H,8,11-13,15-18H2,1-4H3/t22-,23+,25?,26-,28-,29-/m0/s1. The summed E-state index contributed by atoms with van der Waals surface area (Å²) in [5.74, 6) is 8.38. The molecule has 1 N–H and O–H groups in total. The third-order valence-corrected chi connectivity index (χ3v) is 9.61. The number of anilines is 1. The molecule has 1 aromatic rings. The largest absolute Gasteiger partial charge is 0.378 e. The number of nitrogens with zero attached hydrogens (tertiary/aromatic N) is 1. The maximum absolute atomic E-state index is 13.1. The summed E-state index contributed by atoms with van der Waals surface area (Å²) in [6, 6.07) is 8.58. The average molecular weight is 432 g/mol. The van der Waals surface area contributed by atoms with Crippen molar-refractivity contribution in [2.75, 3.05) is 19.0 Å². The van der Waals surface area contributed by atoms with Crippen molar-refractivity contribution in [1.29, 1.82) is 0 Å². The lowest BCUT2D eigenvalue weighted by Crippen LogP contribution is -2.51. The van der Waals surface area contributed by atoms with E-state index in [0.29, 0.717) is 30.0 Å². The predicted molar refractivity (Wildman–Crippen MR) is 129 cm³/mol. The molecular formula is C29H37NO2. The zero-order valence-corrected chi connectivity index (χ0v) is 20.1. The van der Waals surface area contributed by atoms with Crippen LogP contribution in [0.1, 0.15) is 76.7 Å². The van der Waals surface area contributed by atoms with Crippen LogP contribution < -0.4 is 4.90 Å². The summed E-state index contributed by atoms with van der Waals surface area (Å²) in [6.45, 7) is 4.15. The number of allylic oxidation sites excluding steroid dienone is 2. The third kappa shape index (κ3) is 3.18. The molecular weight excluding hydrogens is 394 g/mol. The van der Waals surface area contributed by atoms with Crippen LogP contribution in [0.3, 0.4) is 0 Å². The number of Topliss-reactive ketones (excluding diaryl/α,β-unsaturated/α-hetero) is 1. The smallest absolute Gasteiger partial charge is 0.144 e. The van der Waals surface area contributed by atoms with Crippen LogP contribution in [0.2, 0.25) is 0 Å². The van der Waals surface area contributed by atoms with E-state index >= 15 is 0 Å². The highest BCUT2D eigenvalue weighted by Gasteiger charge is 2.61. The number of aliphatic hydroxyl groups is 1. The van der Waals surface area contributed by atoms with Gasteiger partial charge in [0, 0.05) is 37.5 Å². The number of benzene rings is 1. The van der Waals surface area contributed by atoms with Crippen molar-refractivity contribution in [3.63, 3.8) is 0 Å². The van der Waals surface area contributed by atoms with Gasteiger partial charge in [-0.1, -0.05) is 36.1 Å². The molecule has 0 aromatic heterocycles. The summed E-state index contributed by atoms with van der Waals surface area (Å²) in [5, 5.41) is 11.4. The van der Waals surface area contributed by atoms with Gasteiger partial charge in [0.2, 0.25) is 0 Å². The Hall–Kier alpha value is -2.05. The second-order valence-corrected chi connectivity index (χ2v) is 11.2. The highest BCUT2D eigenvalue weighted by molar-refractivity contribution is 5.89. The van der Waals surface area contributed by atoms with Crippen molar-refractivity contribution in [3.8, 4) is 11.8 Å². The van der Waals surface area contributed by atoms with Crippen molar-refractivity contribution < 1.29 is 9.90 Å². The lowest BCUT2D eigenvalue weighted by atomic mass is 9.52. The molecule has 3 nitrogen and oxygen atoms in total. The highest BCUT2D eigenvalue weighted by atomic mass is 16.3. The Morgan fingerprint density at radius 3 is 2.53 bits per heavy atom. The van der Waals surface area contributed by atoms with Crippen LogP contribution in [0.15, 0.2) is 35.4 Å². The fourth-order valence-electron chi connectivity index (χ4n) is 7.79. The van der Waals surface area contributed by atoms with E-state index in [9.17, 15) is 9.90 Å². The fourth-order valence-corrected chi connectivity index (χ4v) is 7.79. The van der Waals surface area contributed by atoms with Gasteiger partial charge in [-0.05, 0) is 87.3 Å². The monoisotopic (exact) mass is 431 g/mol. The maximum atomic E-state index is 13.1. The molecule has 32 heavy (non-hydrogen) atoms. The Morgan fingerprint density at radius 2 is 1.84 bits per heavy atom. The molecule has 0 spiro atoms. The van der Waals surface area contributed by atoms with Gasteiger partial charge in [-0.2, -0.15) is 0 Å². The molecule has 0 heterocycles. The Bertz CT molecular complexity index is 1010. The summed E-state index contributed by atoms with van der Waals surface area (Å²) in [7, 11) is 4.10. The van der Waals surface area contributed by atoms with Crippen molar-refractivity contribution in [2.24, 2.45) is 23.2 Å². The van der Waals surface area contributed by atoms with Crippen molar-refractivity contribution >= 4 is 11.5 Å². The number of hydrogen-bond donors (Lipinski definition) is 1. The number of ketones is 1. The molecule has 0 amide bonds. The van der Waals surface area contributed by atoms with Gasteiger partial charge in [-0.3, -0.25) is 4.79 Å². The summed E-state index contributed by atoms with van der Waals surface area (Å²) in [5.41, 5.74) is 4.46. The minimum Gasteiger partial charge on any atom is -0.378 e. The first-order chi connectivity index (χ1) is 15.3. The minimum atomic E-state index is -0.828. The Morgan fingerprint density at radius 1 is 1.09 bits per heavy atom. The zero-order valence-electron chi connectivity index (χ0n) is 20.1. The molecule has 0 bridgehead atoms. The van der Waals surface area contributed by atoms with Gasteiger partial charge >= 0.3 is 0 Å². The summed E-state index contributed by atoms with van der Waals surface area (Å²) < 4.78 is 0. The number of carbonyl (C=O) groups is 1. The molecule has 170 valence electrons. The number of rotatable bonds is 2. The number of fused-ring (bicyclic) bond motifs is 4. The topological polar surface area (TPSA) is 40.5 Å². The summed E-state index contributed by atoms with van der Waals surface area (Å²) >= 11 is 0. The maximum Gasteiger partial charge on any atom is 0.144 e. The van der Waals surface area contributed by atoms with Gasteiger partial charge in [-0.15, -0.1) is 5.92 Å². The molecule has 5 rings (SSSR count). The summed E-state index contributed by atoms with van der Waals surface area (Å²) in [6.07, 6.45) is 7.85. The molecule has 2 saturated carbocycles. The van der Waals surface area contributed by atoms with E-state index < -0.39 is 5.60 Å². The lowest BCUT2D eigenvalue weighted by molar-refractivity contribution is -0.120. The van der Waals surface area contributed by atoms with Gasteiger partial charge < -0.3 is 10.0 Å². The molecule has 3 heteroatoms.